The fourth-order valence-electron chi connectivity index (χ4n) is 2.27. The molecule has 3 rings (SSSR count). The lowest BCUT2D eigenvalue weighted by Gasteiger charge is -2.11. The van der Waals surface area contributed by atoms with Crippen LogP contribution in [0, 0.1) is 17.8 Å². The summed E-state index contributed by atoms with van der Waals surface area (Å²) in [4.78, 5) is 4.33. The molecule has 1 aliphatic heterocycles. The van der Waals surface area contributed by atoms with Crippen LogP contribution in [-0.4, -0.2) is 6.21 Å². The van der Waals surface area contributed by atoms with Gasteiger partial charge in [0.2, 0.25) is 0 Å². The third-order valence-corrected chi connectivity index (χ3v) is 3.32. The number of aliphatic imine (C=N–C) groups is 1. The Morgan fingerprint density at radius 3 is 2.71 bits per heavy atom. The number of anilines is 2. The summed E-state index contributed by atoms with van der Waals surface area (Å²) >= 11 is 0. The molecule has 104 valence electrons. The molecule has 2 aromatic carbocycles. The average molecular weight is 274 g/mol. The molecule has 1 aliphatic rings. The maximum absolute atomic E-state index is 4.33. The lowest BCUT2D eigenvalue weighted by molar-refractivity contribution is 0.866. The second-order valence-electron chi connectivity index (χ2n) is 5.48. The van der Waals surface area contributed by atoms with Crippen LogP contribution in [0.3, 0.4) is 0 Å². The van der Waals surface area contributed by atoms with Gasteiger partial charge in [-0.25, -0.2) is 0 Å². The highest BCUT2D eigenvalue weighted by molar-refractivity contribution is 5.88. The Kier molecular flexibility index (Phi) is 3.75. The molecule has 0 fully saturated rings. The third kappa shape index (κ3) is 3.14. The Labute approximate surface area is 125 Å². The summed E-state index contributed by atoms with van der Waals surface area (Å²) in [6, 6.07) is 14.5. The molecule has 0 saturated heterocycles. The monoisotopic (exact) mass is 274 g/mol. The number of nitrogens with zero attached hydrogens (tertiary/aromatic N) is 1. The fraction of sp³-hybridized carbons (Fsp3) is 0.211. The van der Waals surface area contributed by atoms with Gasteiger partial charge in [0.15, 0.2) is 0 Å². The smallest absolute Gasteiger partial charge is 0.0646 e. The Balaban J connectivity index is 2.01. The van der Waals surface area contributed by atoms with Crippen LogP contribution in [0.25, 0.3) is 0 Å². The molecule has 0 amide bonds. The van der Waals surface area contributed by atoms with Gasteiger partial charge in [-0.05, 0) is 35.4 Å². The van der Waals surface area contributed by atoms with Crippen molar-refractivity contribution in [2.24, 2.45) is 10.9 Å². The molecule has 1 heterocycles. The van der Waals surface area contributed by atoms with Crippen molar-refractivity contribution < 1.29 is 0 Å². The first kappa shape index (κ1) is 13.5. The van der Waals surface area contributed by atoms with Crippen molar-refractivity contribution in [2.45, 2.75) is 20.4 Å². The van der Waals surface area contributed by atoms with Crippen molar-refractivity contribution in [3.05, 3.63) is 59.2 Å². The van der Waals surface area contributed by atoms with Crippen molar-refractivity contribution in [3.63, 3.8) is 0 Å². The highest BCUT2D eigenvalue weighted by Gasteiger charge is 2.11. The van der Waals surface area contributed by atoms with Crippen molar-refractivity contribution >= 4 is 17.6 Å². The molecule has 0 aromatic heterocycles. The Morgan fingerprint density at radius 1 is 1.14 bits per heavy atom. The van der Waals surface area contributed by atoms with Gasteiger partial charge in [-0.1, -0.05) is 43.9 Å². The first-order valence-electron chi connectivity index (χ1n) is 7.23. The molecule has 0 unspecified atom stereocenters. The normalized spacial score (nSPS) is 12.0. The van der Waals surface area contributed by atoms with E-state index in [1.807, 2.05) is 24.4 Å². The molecule has 1 N–H and O–H groups in total. The van der Waals surface area contributed by atoms with Crippen molar-refractivity contribution in [2.75, 3.05) is 5.32 Å². The van der Waals surface area contributed by atoms with Gasteiger partial charge in [0, 0.05) is 23.4 Å². The second kappa shape index (κ2) is 5.85. The van der Waals surface area contributed by atoms with Gasteiger partial charge in [0.1, 0.15) is 0 Å². The van der Waals surface area contributed by atoms with Gasteiger partial charge in [-0.2, -0.15) is 0 Å². The van der Waals surface area contributed by atoms with Crippen LogP contribution in [0.5, 0.6) is 0 Å². The summed E-state index contributed by atoms with van der Waals surface area (Å²) in [7, 11) is 0. The van der Waals surface area contributed by atoms with Gasteiger partial charge in [-0.15, -0.1) is 0 Å². The summed E-state index contributed by atoms with van der Waals surface area (Å²) in [6.07, 6.45) is 1.94. The van der Waals surface area contributed by atoms with E-state index in [0.717, 1.165) is 23.5 Å². The van der Waals surface area contributed by atoms with Crippen LogP contribution in [0.4, 0.5) is 11.4 Å². The molecule has 0 atom stereocenters. The molecule has 21 heavy (non-hydrogen) atoms. The number of benzene rings is 2. The summed E-state index contributed by atoms with van der Waals surface area (Å²) in [5.41, 5.74) is 5.59. The van der Waals surface area contributed by atoms with E-state index in [0.29, 0.717) is 5.92 Å². The number of hydrogen-bond acceptors (Lipinski definition) is 2. The van der Waals surface area contributed by atoms with Crippen LogP contribution in [-0.2, 0) is 6.54 Å². The number of fused-ring (bicyclic) bond motifs is 1. The highest BCUT2D eigenvalue weighted by Crippen LogP contribution is 2.26. The fourth-order valence-corrected chi connectivity index (χ4v) is 2.27. The average Bonchev–Trinajstić information content (AvgIpc) is 2.93. The second-order valence-corrected chi connectivity index (χ2v) is 5.48. The molecule has 0 bridgehead atoms. The van der Waals surface area contributed by atoms with E-state index in [4.69, 9.17) is 0 Å². The zero-order chi connectivity index (χ0) is 14.7. The Bertz CT molecular complexity index is 731. The number of para-hydroxylation sites is 1. The summed E-state index contributed by atoms with van der Waals surface area (Å²) < 4.78 is 0. The molecule has 0 spiro atoms. The summed E-state index contributed by atoms with van der Waals surface area (Å²) in [6.45, 7) is 4.97. The van der Waals surface area contributed by atoms with Gasteiger partial charge in [0.25, 0.3) is 0 Å². The van der Waals surface area contributed by atoms with E-state index in [2.05, 4.69) is 60.3 Å². The lowest BCUT2D eigenvalue weighted by atomic mass is 10.0. The molecule has 2 nitrogen and oxygen atoms in total. The summed E-state index contributed by atoms with van der Waals surface area (Å²) in [5.74, 6) is 6.90. The number of hydrogen-bond donors (Lipinski definition) is 1. The number of rotatable bonds is 2. The molecular formula is C19H18N2. The van der Waals surface area contributed by atoms with Crippen LogP contribution >= 0.6 is 0 Å². The zero-order valence-electron chi connectivity index (χ0n) is 12.4. The minimum atomic E-state index is 0.360. The lowest BCUT2D eigenvalue weighted by Crippen LogP contribution is -1.97. The maximum Gasteiger partial charge on any atom is 0.0646 e. The quantitative estimate of drug-likeness (QED) is 0.808. The van der Waals surface area contributed by atoms with Gasteiger partial charge in [0.05, 0.1) is 12.2 Å². The Morgan fingerprint density at radius 2 is 1.95 bits per heavy atom. The van der Waals surface area contributed by atoms with Crippen LogP contribution < -0.4 is 5.32 Å². The van der Waals surface area contributed by atoms with E-state index in [9.17, 15) is 0 Å². The third-order valence-electron chi connectivity index (χ3n) is 3.32. The van der Waals surface area contributed by atoms with Crippen molar-refractivity contribution in [3.8, 4) is 11.8 Å². The van der Waals surface area contributed by atoms with E-state index >= 15 is 0 Å². The van der Waals surface area contributed by atoms with Crippen molar-refractivity contribution in [1.29, 1.82) is 0 Å². The highest BCUT2D eigenvalue weighted by atomic mass is 14.9. The van der Waals surface area contributed by atoms with E-state index < -0.39 is 0 Å². The van der Waals surface area contributed by atoms with E-state index in [-0.39, 0.29) is 0 Å². The van der Waals surface area contributed by atoms with Crippen LogP contribution in [0.15, 0.2) is 47.5 Å². The maximum atomic E-state index is 4.33. The minimum absolute atomic E-state index is 0.360. The largest absolute Gasteiger partial charge is 0.354 e. The summed E-state index contributed by atoms with van der Waals surface area (Å²) in [5, 5.41) is 3.46. The zero-order valence-corrected chi connectivity index (χ0v) is 12.4. The predicted octanol–water partition coefficient (Wildman–Crippen LogP) is 4.37. The molecular weight excluding hydrogens is 256 g/mol. The SMILES string of the molecule is CC(C)C#Cc1cc2c(cc1Nc1ccccc1)C=NC2. The minimum Gasteiger partial charge on any atom is -0.354 e. The molecule has 0 saturated carbocycles. The predicted molar refractivity (Wildman–Crippen MR) is 89.2 cm³/mol. The van der Waals surface area contributed by atoms with Crippen LogP contribution in [0.2, 0.25) is 0 Å². The molecule has 0 aliphatic carbocycles. The van der Waals surface area contributed by atoms with Gasteiger partial charge in [-0.3, -0.25) is 4.99 Å². The number of nitrogens with one attached hydrogen (secondary N) is 1. The molecule has 0 radical (unpaired) electrons. The topological polar surface area (TPSA) is 24.4 Å². The van der Waals surface area contributed by atoms with Crippen molar-refractivity contribution in [1.82, 2.24) is 0 Å². The molecule has 2 heteroatoms. The van der Waals surface area contributed by atoms with Crippen LogP contribution in [0.1, 0.15) is 30.5 Å². The first-order valence-corrected chi connectivity index (χ1v) is 7.23. The van der Waals surface area contributed by atoms with E-state index in [1.54, 1.807) is 0 Å². The standard InChI is InChI=1S/C19H18N2/c1-14(2)8-9-15-10-16-12-20-13-17(16)11-19(15)21-18-6-4-3-5-7-18/h3-7,10-11,13-14,21H,12H2,1-2H3. The first-order chi connectivity index (χ1) is 10.2. The van der Waals surface area contributed by atoms with Gasteiger partial charge < -0.3 is 5.32 Å². The van der Waals surface area contributed by atoms with Gasteiger partial charge >= 0.3 is 0 Å². The van der Waals surface area contributed by atoms with E-state index in [1.165, 1.54) is 11.1 Å². The Hall–Kier alpha value is -2.53. The molecule has 2 aromatic rings.